The fraction of sp³-hybridized carbons (Fsp3) is 0.429. The molecule has 2 aromatic carbocycles. The molecule has 0 heterocycles. The highest BCUT2D eigenvalue weighted by atomic mass is 79.9. The average Bonchev–Trinajstić information content (AvgIpc) is 2.79. The van der Waals surface area contributed by atoms with Crippen molar-refractivity contribution in [1.82, 2.24) is 0 Å². The van der Waals surface area contributed by atoms with Gasteiger partial charge in [-0.1, -0.05) is 55.7 Å². The van der Waals surface area contributed by atoms with Gasteiger partial charge >= 0.3 is 5.69 Å². The zero-order valence-corrected chi connectivity index (χ0v) is 21.9. The van der Waals surface area contributed by atoms with Crippen molar-refractivity contribution in [3.05, 3.63) is 68.3 Å². The van der Waals surface area contributed by atoms with Crippen LogP contribution in [-0.4, -0.2) is 48.2 Å². The highest BCUT2D eigenvalue weighted by Crippen LogP contribution is 2.36. The van der Waals surface area contributed by atoms with Gasteiger partial charge in [0, 0.05) is 16.0 Å². The monoisotopic (exact) mass is 576 g/mol. The second-order valence-corrected chi connectivity index (χ2v) is 11.5. The lowest BCUT2D eigenvalue weighted by Gasteiger charge is -2.20. The minimum Gasteiger partial charge on any atom is -0.491 e. The van der Waals surface area contributed by atoms with Crippen molar-refractivity contribution < 1.29 is 28.8 Å². The Morgan fingerprint density at radius 1 is 0.853 bits per heavy atom. The van der Waals surface area contributed by atoms with Crippen LogP contribution in [0.15, 0.2) is 42.5 Å². The molecule has 0 atom stereocenters. The largest absolute Gasteiger partial charge is 0.491 e. The first-order valence-corrected chi connectivity index (χ1v) is 13.3. The lowest BCUT2D eigenvalue weighted by molar-refractivity contribution is -0.394. The zero-order valence-electron chi connectivity index (χ0n) is 18.6. The van der Waals surface area contributed by atoms with Gasteiger partial charge in [0.15, 0.2) is 5.75 Å². The maximum atomic E-state index is 11.1. The van der Waals surface area contributed by atoms with Gasteiger partial charge in [-0.25, -0.2) is 0 Å². The maximum absolute atomic E-state index is 11.1. The number of ether oxygens (including phenoxy) is 4. The third kappa shape index (κ3) is 9.66. The molecule has 13 heteroatoms. The summed E-state index contributed by atoms with van der Waals surface area (Å²) in [6, 6.07) is 11.1. The number of nitro groups is 2. The molecular weight excluding hydrogens is 552 g/mol. The summed E-state index contributed by atoms with van der Waals surface area (Å²) in [5.74, 6) is 1.63. The predicted octanol–water partition coefficient (Wildman–Crippen LogP) is 5.92. The Balaban J connectivity index is 1.53. The normalized spacial score (nSPS) is 11.3. The van der Waals surface area contributed by atoms with Crippen molar-refractivity contribution in [1.29, 1.82) is 0 Å². The fourth-order valence-corrected chi connectivity index (χ4v) is 4.29. The predicted molar refractivity (Wildman–Crippen MR) is 136 cm³/mol. The molecule has 0 amide bonds. The van der Waals surface area contributed by atoms with Gasteiger partial charge < -0.3 is 18.9 Å². The van der Waals surface area contributed by atoms with Crippen LogP contribution < -0.4 is 9.47 Å². The third-order valence-electron chi connectivity index (χ3n) is 4.19. The lowest BCUT2D eigenvalue weighted by Crippen LogP contribution is -2.12. The summed E-state index contributed by atoms with van der Waals surface area (Å²) in [6.07, 6.45) is 0. The summed E-state index contributed by atoms with van der Waals surface area (Å²) in [5, 5.41) is 21.8. The summed E-state index contributed by atoms with van der Waals surface area (Å²) in [4.78, 5) is 20.4. The van der Waals surface area contributed by atoms with E-state index in [0.717, 1.165) is 23.4 Å². The minimum absolute atomic E-state index is 0.0424. The second-order valence-electron chi connectivity index (χ2n) is 7.12. The molecule has 0 aliphatic carbocycles. The van der Waals surface area contributed by atoms with E-state index in [-0.39, 0.29) is 29.0 Å². The van der Waals surface area contributed by atoms with Crippen molar-refractivity contribution in [3.63, 3.8) is 0 Å². The molecule has 186 valence electrons. The third-order valence-corrected chi connectivity index (χ3v) is 6.39. The maximum Gasteiger partial charge on any atom is 0.317 e. The Morgan fingerprint density at radius 3 is 2.00 bits per heavy atom. The van der Waals surface area contributed by atoms with Gasteiger partial charge in [0.05, 0.1) is 29.1 Å². The van der Waals surface area contributed by atoms with Crippen LogP contribution in [0, 0.1) is 20.2 Å². The molecule has 0 radical (unpaired) electrons. The summed E-state index contributed by atoms with van der Waals surface area (Å²) in [5.41, 5.74) is 0.245. The molecule has 2 aromatic rings. The Hall–Kier alpha value is -2.06. The molecule has 0 aliphatic heterocycles. The van der Waals surface area contributed by atoms with E-state index in [0.29, 0.717) is 25.1 Å². The number of nitro benzene ring substituents is 2. The highest BCUT2D eigenvalue weighted by molar-refractivity contribution is 9.09. The minimum atomic E-state index is -0.720. The number of hydrogen-bond donors (Lipinski definition) is 0. The van der Waals surface area contributed by atoms with Crippen molar-refractivity contribution in [3.8, 4) is 11.5 Å². The first-order valence-electron chi connectivity index (χ1n) is 10.1. The van der Waals surface area contributed by atoms with Crippen LogP contribution in [0.1, 0.15) is 19.4 Å². The smallest absolute Gasteiger partial charge is 0.317 e. The Labute approximate surface area is 213 Å². The fourth-order valence-electron chi connectivity index (χ4n) is 2.64. The van der Waals surface area contributed by atoms with E-state index in [4.69, 9.17) is 18.9 Å². The van der Waals surface area contributed by atoms with Gasteiger partial charge in [0.25, 0.3) is 5.69 Å². The quantitative estimate of drug-likeness (QED) is 0.0593. The number of alkyl halides is 1. The van der Waals surface area contributed by atoms with E-state index in [2.05, 4.69) is 29.8 Å². The summed E-state index contributed by atoms with van der Waals surface area (Å²) < 4.78 is 21.9. The molecule has 2 rings (SSSR count). The van der Waals surface area contributed by atoms with Crippen molar-refractivity contribution in [2.75, 3.05) is 38.3 Å². The SMILES string of the molecule is CC(C)(Br)c1ccccc1OCCOCSSCOCCOc1ccc([N+](=O)[O-])cc1[N+](=O)[O-]. The van der Waals surface area contributed by atoms with E-state index in [1.165, 1.54) is 27.7 Å². The second kappa shape index (κ2) is 14.4. The van der Waals surface area contributed by atoms with Gasteiger partial charge in [-0.15, -0.1) is 0 Å². The molecular formula is C21H25BrN2O8S2. The van der Waals surface area contributed by atoms with E-state index >= 15 is 0 Å². The zero-order chi connectivity index (χ0) is 25.0. The summed E-state index contributed by atoms with van der Waals surface area (Å²) in [7, 11) is 2.94. The van der Waals surface area contributed by atoms with E-state index in [1.54, 1.807) is 0 Å². The molecule has 0 unspecified atom stereocenters. The van der Waals surface area contributed by atoms with Crippen LogP contribution >= 0.6 is 37.5 Å². The average molecular weight is 577 g/mol. The first-order chi connectivity index (χ1) is 16.2. The molecule has 34 heavy (non-hydrogen) atoms. The van der Waals surface area contributed by atoms with Crippen LogP contribution in [0.3, 0.4) is 0 Å². The number of hydrogen-bond acceptors (Lipinski definition) is 10. The molecule has 0 saturated heterocycles. The molecule has 0 saturated carbocycles. The molecule has 0 aromatic heterocycles. The van der Waals surface area contributed by atoms with Gasteiger partial charge in [0.1, 0.15) is 30.8 Å². The number of halogens is 1. The number of nitrogens with zero attached hydrogens (tertiary/aromatic N) is 2. The van der Waals surface area contributed by atoms with Crippen LogP contribution in [0.4, 0.5) is 11.4 Å². The Kier molecular flexibility index (Phi) is 11.9. The first kappa shape index (κ1) is 28.2. The number of non-ortho nitro benzene ring substituents is 1. The van der Waals surface area contributed by atoms with Crippen LogP contribution in [0.25, 0.3) is 0 Å². The van der Waals surface area contributed by atoms with Crippen LogP contribution in [0.5, 0.6) is 11.5 Å². The lowest BCUT2D eigenvalue weighted by atomic mass is 10.0. The van der Waals surface area contributed by atoms with E-state index in [9.17, 15) is 20.2 Å². The molecule has 0 aliphatic rings. The van der Waals surface area contributed by atoms with Crippen LogP contribution in [-0.2, 0) is 13.8 Å². The molecule has 0 spiro atoms. The topological polar surface area (TPSA) is 123 Å². The number of rotatable bonds is 16. The summed E-state index contributed by atoms with van der Waals surface area (Å²) >= 11 is 3.65. The van der Waals surface area contributed by atoms with Gasteiger partial charge in [-0.3, -0.25) is 20.2 Å². The Morgan fingerprint density at radius 2 is 1.44 bits per heavy atom. The molecule has 0 bridgehead atoms. The van der Waals surface area contributed by atoms with Crippen LogP contribution in [0.2, 0.25) is 0 Å². The molecule has 10 nitrogen and oxygen atoms in total. The van der Waals surface area contributed by atoms with E-state index in [1.807, 2.05) is 24.3 Å². The van der Waals surface area contributed by atoms with Crippen molar-refractivity contribution in [2.24, 2.45) is 0 Å². The molecule has 0 fully saturated rings. The highest BCUT2D eigenvalue weighted by Gasteiger charge is 2.21. The Bertz CT molecular complexity index is 959. The van der Waals surface area contributed by atoms with E-state index < -0.39 is 15.5 Å². The van der Waals surface area contributed by atoms with Crippen molar-refractivity contribution >= 4 is 48.9 Å². The van der Waals surface area contributed by atoms with Crippen molar-refractivity contribution in [2.45, 2.75) is 18.2 Å². The number of benzene rings is 2. The standard InChI is InChI=1S/C21H25BrN2O8S2/c1-21(2,22)17-5-3-4-6-19(17)31-11-9-29-14-33-34-15-30-10-12-32-20-8-7-16(23(25)26)13-18(20)24(27)28/h3-8,13H,9-12,14-15H2,1-2H3. The number of para-hydroxylation sites is 1. The molecule has 0 N–H and O–H groups in total. The van der Waals surface area contributed by atoms with Gasteiger partial charge in [0.2, 0.25) is 0 Å². The van der Waals surface area contributed by atoms with Gasteiger partial charge in [-0.05, 0) is 26.0 Å². The van der Waals surface area contributed by atoms with Gasteiger partial charge in [-0.2, -0.15) is 0 Å². The summed E-state index contributed by atoms with van der Waals surface area (Å²) in [6.45, 7) is 5.30.